The van der Waals surface area contributed by atoms with Gasteiger partial charge in [0.25, 0.3) is 0 Å². The summed E-state index contributed by atoms with van der Waals surface area (Å²) in [6, 6.07) is 0. The van der Waals surface area contributed by atoms with Gasteiger partial charge in [-0.2, -0.15) is 30.7 Å². The van der Waals surface area contributed by atoms with E-state index in [9.17, 15) is 43.7 Å². The monoisotopic (exact) mass is 360 g/mol. The molecule has 130 valence electrons. The molecule has 0 aromatic carbocycles. The highest BCUT2D eigenvalue weighted by Gasteiger charge is 2.76. The van der Waals surface area contributed by atoms with Gasteiger partial charge in [0, 0.05) is 0 Å². The van der Waals surface area contributed by atoms with Crippen molar-refractivity contribution in [3.63, 3.8) is 0 Å². The van der Waals surface area contributed by atoms with Crippen LogP contribution in [0.2, 0.25) is 0 Å². The number of hydrogen-bond donors (Lipinski definition) is 0. The second kappa shape index (κ2) is 6.12. The van der Waals surface area contributed by atoms with E-state index in [1.807, 2.05) is 12.5 Å². The van der Waals surface area contributed by atoms with Crippen molar-refractivity contribution in [1.82, 2.24) is 0 Å². The number of halogens is 7. The number of alkyl halides is 7. The molecule has 0 aliphatic carbocycles. The molecule has 0 spiro atoms. The Morgan fingerprint density at radius 2 is 1.59 bits per heavy atom. The Morgan fingerprint density at radius 3 is 1.73 bits per heavy atom. The standard InChI is InChI=1S/C6H11N2.C3HF7O3S/c1-3-8(2)5-4-7-6-8;4-1(5,2(6,7)8)3(9,10)14(11,12)13/h4-6H,3H2,1-2H3;(H,11,12,13)/q+1;/p-1. The normalized spacial score (nSPS) is 22.5. The highest BCUT2D eigenvalue weighted by molar-refractivity contribution is 7.86. The van der Waals surface area contributed by atoms with Gasteiger partial charge in [-0.1, -0.05) is 0 Å². The van der Waals surface area contributed by atoms with Gasteiger partial charge < -0.3 is 4.55 Å². The van der Waals surface area contributed by atoms with E-state index < -0.39 is 27.5 Å². The third-order valence-electron chi connectivity index (χ3n) is 2.54. The highest BCUT2D eigenvalue weighted by atomic mass is 32.2. The van der Waals surface area contributed by atoms with Crippen LogP contribution in [0.25, 0.3) is 0 Å². The molecule has 1 heterocycles. The summed E-state index contributed by atoms with van der Waals surface area (Å²) >= 11 is 0. The SMILES string of the molecule is CC[N+]1(C)C=CN=C1.O=S(=O)([O-])C(F)(F)C(F)(F)C(F)(F)F. The Morgan fingerprint density at radius 1 is 1.14 bits per heavy atom. The summed E-state index contributed by atoms with van der Waals surface area (Å²) < 4.78 is 110. The first-order valence-corrected chi connectivity index (χ1v) is 6.77. The summed E-state index contributed by atoms with van der Waals surface area (Å²) in [5.74, 6) is -6.92. The van der Waals surface area contributed by atoms with Crippen molar-refractivity contribution in [2.45, 2.75) is 24.3 Å². The van der Waals surface area contributed by atoms with Crippen molar-refractivity contribution in [3.05, 3.63) is 12.4 Å². The van der Waals surface area contributed by atoms with E-state index in [4.69, 9.17) is 0 Å². The van der Waals surface area contributed by atoms with Gasteiger partial charge in [-0.05, 0) is 6.92 Å². The predicted molar refractivity (Wildman–Crippen MR) is 60.0 cm³/mol. The van der Waals surface area contributed by atoms with E-state index in [1.54, 1.807) is 0 Å². The Hall–Kier alpha value is -1.21. The first-order chi connectivity index (χ1) is 9.52. The molecule has 0 saturated carbocycles. The van der Waals surface area contributed by atoms with E-state index >= 15 is 0 Å². The number of hydrogen-bond acceptors (Lipinski definition) is 4. The van der Waals surface area contributed by atoms with Crippen molar-refractivity contribution in [3.8, 4) is 0 Å². The van der Waals surface area contributed by atoms with Crippen LogP contribution in [0.4, 0.5) is 30.7 Å². The third kappa shape index (κ3) is 4.16. The van der Waals surface area contributed by atoms with Gasteiger partial charge in [0.1, 0.15) is 6.20 Å². The van der Waals surface area contributed by atoms with Crippen LogP contribution in [-0.2, 0) is 10.1 Å². The zero-order valence-corrected chi connectivity index (χ0v) is 11.9. The van der Waals surface area contributed by atoms with Crippen LogP contribution in [0, 0.1) is 0 Å². The van der Waals surface area contributed by atoms with E-state index in [0.717, 1.165) is 11.0 Å². The lowest BCUT2D eigenvalue weighted by molar-refractivity contribution is -0.753. The maximum atomic E-state index is 11.8. The average molecular weight is 360 g/mol. The van der Waals surface area contributed by atoms with Gasteiger partial charge in [-0.15, -0.1) is 0 Å². The molecule has 0 saturated heterocycles. The highest BCUT2D eigenvalue weighted by Crippen LogP contribution is 2.48. The molecule has 0 N–H and O–H groups in total. The minimum Gasteiger partial charge on any atom is -0.743 e. The fourth-order valence-electron chi connectivity index (χ4n) is 0.929. The number of rotatable bonds is 3. The third-order valence-corrected chi connectivity index (χ3v) is 3.42. The van der Waals surface area contributed by atoms with Gasteiger partial charge >= 0.3 is 17.4 Å². The van der Waals surface area contributed by atoms with Crippen molar-refractivity contribution in [2.75, 3.05) is 13.6 Å². The summed E-state index contributed by atoms with van der Waals surface area (Å²) in [4.78, 5) is 3.97. The molecule has 1 rings (SSSR count). The Balaban J connectivity index is 0.000000461. The molecule has 0 bridgehead atoms. The molecule has 13 heteroatoms. The maximum Gasteiger partial charge on any atom is 0.461 e. The van der Waals surface area contributed by atoms with Crippen LogP contribution < -0.4 is 0 Å². The minimum absolute atomic E-state index is 0.847. The van der Waals surface area contributed by atoms with E-state index in [0.29, 0.717) is 0 Å². The van der Waals surface area contributed by atoms with E-state index in [2.05, 4.69) is 25.2 Å². The molecule has 1 aliphatic rings. The van der Waals surface area contributed by atoms with E-state index in [1.165, 1.54) is 0 Å². The largest absolute Gasteiger partial charge is 0.743 e. The van der Waals surface area contributed by atoms with Crippen molar-refractivity contribution < 1.29 is 48.2 Å². The van der Waals surface area contributed by atoms with Gasteiger partial charge in [0.2, 0.25) is 0 Å². The van der Waals surface area contributed by atoms with Crippen LogP contribution in [0.15, 0.2) is 17.4 Å². The fraction of sp³-hybridized carbons (Fsp3) is 0.667. The molecule has 1 unspecified atom stereocenters. The second-order valence-electron chi connectivity index (χ2n) is 4.27. The summed E-state index contributed by atoms with van der Waals surface area (Å²) in [6.07, 6.45) is -0.989. The Bertz CT molecular complexity index is 542. The molecular formula is C9H11F7N2O3S. The zero-order valence-electron chi connectivity index (χ0n) is 11.1. The van der Waals surface area contributed by atoms with Gasteiger partial charge in [-0.3, -0.25) is 4.48 Å². The summed E-state index contributed by atoms with van der Waals surface area (Å²) in [6.45, 7) is 3.22. The van der Waals surface area contributed by atoms with Crippen LogP contribution in [0.5, 0.6) is 0 Å². The first kappa shape index (κ1) is 20.8. The van der Waals surface area contributed by atoms with E-state index in [-0.39, 0.29) is 0 Å². The van der Waals surface area contributed by atoms with Crippen molar-refractivity contribution in [2.24, 2.45) is 4.99 Å². The van der Waals surface area contributed by atoms with Crippen LogP contribution >= 0.6 is 0 Å². The van der Waals surface area contributed by atoms with Gasteiger partial charge in [0.05, 0.1) is 19.8 Å². The number of nitrogens with zero attached hydrogens (tertiary/aromatic N) is 2. The molecule has 0 amide bonds. The van der Waals surface area contributed by atoms with Crippen molar-refractivity contribution in [1.29, 1.82) is 0 Å². The van der Waals surface area contributed by atoms with Gasteiger partial charge in [-0.25, -0.2) is 13.4 Å². The lowest BCUT2D eigenvalue weighted by Crippen LogP contribution is -2.55. The summed E-state index contributed by atoms with van der Waals surface area (Å²) in [5, 5.41) is -6.72. The van der Waals surface area contributed by atoms with Gasteiger partial charge in [0.15, 0.2) is 16.5 Å². The fourth-order valence-corrected chi connectivity index (χ4v) is 1.36. The first-order valence-electron chi connectivity index (χ1n) is 5.36. The summed E-state index contributed by atoms with van der Waals surface area (Å²) in [5.41, 5.74) is 0. The van der Waals surface area contributed by atoms with Crippen LogP contribution in [0.3, 0.4) is 0 Å². The minimum atomic E-state index is -7.10. The predicted octanol–water partition coefficient (Wildman–Crippen LogP) is 2.29. The van der Waals surface area contributed by atoms with Crippen LogP contribution in [-0.4, -0.2) is 54.7 Å². The Kier molecular flexibility index (Phi) is 5.78. The van der Waals surface area contributed by atoms with Crippen LogP contribution in [0.1, 0.15) is 6.92 Å². The molecule has 0 fully saturated rings. The quantitative estimate of drug-likeness (QED) is 0.441. The molecule has 0 aromatic rings. The molecule has 22 heavy (non-hydrogen) atoms. The lowest BCUT2D eigenvalue weighted by Gasteiger charge is -2.29. The smallest absolute Gasteiger partial charge is 0.461 e. The Labute approximate surface area is 121 Å². The lowest BCUT2D eigenvalue weighted by atomic mass is 10.3. The number of quaternary nitrogens is 1. The van der Waals surface area contributed by atoms with Crippen molar-refractivity contribution >= 4 is 16.5 Å². The molecule has 0 radical (unpaired) electrons. The molecule has 0 aromatic heterocycles. The molecule has 1 aliphatic heterocycles. The molecular weight excluding hydrogens is 349 g/mol. The zero-order chi connectivity index (χ0) is 18.0. The molecule has 1 atom stereocenters. The second-order valence-corrected chi connectivity index (χ2v) is 5.69. The summed E-state index contributed by atoms with van der Waals surface area (Å²) in [7, 11) is -4.98. The number of aliphatic imine (C=N–C) groups is 1. The topological polar surface area (TPSA) is 69.6 Å². The average Bonchev–Trinajstić information content (AvgIpc) is 2.75. The molecule has 5 nitrogen and oxygen atoms in total. The maximum absolute atomic E-state index is 11.8.